The van der Waals surface area contributed by atoms with E-state index in [0.717, 1.165) is 0 Å². The zero-order chi connectivity index (χ0) is 10.4. The summed E-state index contributed by atoms with van der Waals surface area (Å²) in [7, 11) is 0. The molecule has 0 atom stereocenters. The van der Waals surface area contributed by atoms with Crippen LogP contribution in [0.1, 0.15) is 5.76 Å². The average molecular weight is 193 g/mol. The molecule has 6 nitrogen and oxygen atoms in total. The van der Waals surface area contributed by atoms with Gasteiger partial charge in [0.25, 0.3) is 5.91 Å². The molecular weight excluding hydrogens is 186 g/mol. The lowest BCUT2D eigenvalue weighted by Gasteiger charge is -1.98. The second kappa shape index (κ2) is 4.67. The number of nitriles is 1. The molecule has 0 unspecified atom stereocenters. The van der Waals surface area contributed by atoms with Gasteiger partial charge < -0.3 is 14.9 Å². The fraction of sp³-hybridized carbons (Fsp3) is 0.125. The summed E-state index contributed by atoms with van der Waals surface area (Å²) in [4.78, 5) is 11.0. The van der Waals surface area contributed by atoms with Crippen LogP contribution < -0.4 is 5.32 Å². The van der Waals surface area contributed by atoms with E-state index in [1.807, 2.05) is 0 Å². The third-order valence-electron chi connectivity index (χ3n) is 1.42. The maximum atomic E-state index is 11.0. The molecule has 72 valence electrons. The van der Waals surface area contributed by atoms with E-state index in [4.69, 9.17) is 14.9 Å². The molecule has 0 spiro atoms. The lowest BCUT2D eigenvalue weighted by Crippen LogP contribution is -2.29. The Morgan fingerprint density at radius 2 is 2.57 bits per heavy atom. The minimum absolute atomic E-state index is 0.145. The molecule has 14 heavy (non-hydrogen) atoms. The molecule has 1 rings (SSSR count). The highest BCUT2D eigenvalue weighted by Crippen LogP contribution is 1.98. The smallest absolute Gasteiger partial charge is 0.284 e. The molecule has 0 fully saturated rings. The summed E-state index contributed by atoms with van der Waals surface area (Å²) in [6.45, 7) is 0.145. The van der Waals surface area contributed by atoms with Gasteiger partial charge in [-0.3, -0.25) is 4.79 Å². The molecule has 2 N–H and O–H groups in total. The number of hydrogen-bond donors (Lipinski definition) is 2. The van der Waals surface area contributed by atoms with Crippen molar-refractivity contribution in [3.05, 3.63) is 24.2 Å². The highest BCUT2D eigenvalue weighted by Gasteiger charge is 2.10. The summed E-state index contributed by atoms with van der Waals surface area (Å²) in [5.74, 6) is -0.194. The number of carbonyl (C=O) groups is 1. The second-order valence-corrected chi connectivity index (χ2v) is 2.32. The van der Waals surface area contributed by atoms with Crippen molar-refractivity contribution in [3.63, 3.8) is 0 Å². The Kier molecular flexibility index (Phi) is 3.27. The zero-order valence-electron chi connectivity index (χ0n) is 7.10. The van der Waals surface area contributed by atoms with Gasteiger partial charge >= 0.3 is 0 Å². The van der Waals surface area contributed by atoms with Crippen molar-refractivity contribution < 1.29 is 14.4 Å². The van der Waals surface area contributed by atoms with E-state index >= 15 is 0 Å². The van der Waals surface area contributed by atoms with E-state index in [-0.39, 0.29) is 6.54 Å². The second-order valence-electron chi connectivity index (χ2n) is 2.32. The van der Waals surface area contributed by atoms with Crippen LogP contribution in [0, 0.1) is 11.3 Å². The van der Waals surface area contributed by atoms with Crippen LogP contribution in [0.15, 0.2) is 28.0 Å². The number of carbonyl (C=O) groups excluding carboxylic acids is 1. The minimum Gasteiger partial charge on any atom is -0.467 e. The fourth-order valence-electron chi connectivity index (χ4n) is 0.783. The molecule has 0 aliphatic carbocycles. The van der Waals surface area contributed by atoms with Crippen LogP contribution in [-0.2, 0) is 11.3 Å². The van der Waals surface area contributed by atoms with E-state index in [2.05, 4.69) is 10.5 Å². The first-order valence-electron chi connectivity index (χ1n) is 3.70. The Labute approximate surface area is 79.4 Å². The number of nitrogens with one attached hydrogen (secondary N) is 1. The lowest BCUT2D eigenvalue weighted by atomic mass is 10.3. The van der Waals surface area contributed by atoms with Crippen LogP contribution in [0.25, 0.3) is 0 Å². The quantitative estimate of drug-likeness (QED) is 0.408. The first kappa shape index (κ1) is 9.80. The maximum absolute atomic E-state index is 11.0. The molecule has 0 saturated carbocycles. The largest absolute Gasteiger partial charge is 0.467 e. The van der Waals surface area contributed by atoms with Crippen molar-refractivity contribution in [2.45, 2.75) is 6.54 Å². The molecule has 0 saturated heterocycles. The van der Waals surface area contributed by atoms with Crippen molar-refractivity contribution >= 4 is 11.6 Å². The van der Waals surface area contributed by atoms with E-state index in [9.17, 15) is 4.79 Å². The normalized spacial score (nSPS) is 10.6. The Morgan fingerprint density at radius 1 is 1.79 bits per heavy atom. The summed E-state index contributed by atoms with van der Waals surface area (Å²) >= 11 is 0. The van der Waals surface area contributed by atoms with Crippen molar-refractivity contribution in [1.82, 2.24) is 5.32 Å². The molecule has 1 aromatic heterocycles. The summed E-state index contributed by atoms with van der Waals surface area (Å²) in [5, 5.41) is 21.4. The van der Waals surface area contributed by atoms with Gasteiger partial charge in [-0.25, -0.2) is 0 Å². The van der Waals surface area contributed by atoms with Gasteiger partial charge in [-0.15, -0.1) is 0 Å². The Balaban J connectivity index is 2.47. The standard InChI is InChI=1S/C8H7N3O3/c9-4-7(11-13)8(12)10-5-6-2-1-3-14-6/h1-3,13H,5H2,(H,10,12)/b11-7-. The lowest BCUT2D eigenvalue weighted by molar-refractivity contribution is -0.115. The number of amides is 1. The van der Waals surface area contributed by atoms with E-state index in [0.29, 0.717) is 5.76 Å². The zero-order valence-corrected chi connectivity index (χ0v) is 7.10. The van der Waals surface area contributed by atoms with Crippen molar-refractivity contribution in [3.8, 4) is 6.07 Å². The van der Waals surface area contributed by atoms with Crippen molar-refractivity contribution in [2.75, 3.05) is 0 Å². The molecular formula is C8H7N3O3. The van der Waals surface area contributed by atoms with Crippen LogP contribution in [0.5, 0.6) is 0 Å². The van der Waals surface area contributed by atoms with Crippen LogP contribution in [0.2, 0.25) is 0 Å². The highest BCUT2D eigenvalue weighted by molar-refractivity contribution is 6.44. The van der Waals surface area contributed by atoms with Crippen LogP contribution in [-0.4, -0.2) is 16.8 Å². The predicted molar refractivity (Wildman–Crippen MR) is 45.4 cm³/mol. The van der Waals surface area contributed by atoms with E-state index in [1.165, 1.54) is 12.3 Å². The summed E-state index contributed by atoms with van der Waals surface area (Å²) in [6, 6.07) is 4.78. The van der Waals surface area contributed by atoms with E-state index in [1.54, 1.807) is 12.1 Å². The molecule has 1 aromatic rings. The Bertz CT molecular complexity index is 375. The van der Waals surface area contributed by atoms with Gasteiger partial charge in [0.1, 0.15) is 11.8 Å². The summed E-state index contributed by atoms with van der Waals surface area (Å²) in [6.07, 6.45) is 1.47. The van der Waals surface area contributed by atoms with Crippen LogP contribution in [0.4, 0.5) is 0 Å². The van der Waals surface area contributed by atoms with Gasteiger partial charge in [-0.2, -0.15) is 5.26 Å². The first-order valence-corrected chi connectivity index (χ1v) is 3.70. The molecule has 1 amide bonds. The topological polar surface area (TPSA) is 98.6 Å². The molecule has 0 aliphatic heterocycles. The third-order valence-corrected chi connectivity index (χ3v) is 1.42. The molecule has 0 aromatic carbocycles. The molecule has 0 bridgehead atoms. The van der Waals surface area contributed by atoms with Gasteiger partial charge in [0.05, 0.1) is 12.8 Å². The fourth-order valence-corrected chi connectivity index (χ4v) is 0.783. The monoisotopic (exact) mass is 193 g/mol. The molecule has 0 aliphatic rings. The SMILES string of the molecule is N#C/C(=N/O)C(=O)NCc1ccco1. The summed E-state index contributed by atoms with van der Waals surface area (Å²) in [5.41, 5.74) is -0.587. The first-order chi connectivity index (χ1) is 6.77. The minimum atomic E-state index is -0.744. The maximum Gasteiger partial charge on any atom is 0.284 e. The number of oxime groups is 1. The number of nitrogens with zero attached hydrogens (tertiary/aromatic N) is 2. The predicted octanol–water partition coefficient (Wildman–Crippen LogP) is 0.250. The number of hydrogen-bond acceptors (Lipinski definition) is 5. The van der Waals surface area contributed by atoms with Gasteiger partial charge in [0.15, 0.2) is 0 Å². The molecule has 0 radical (unpaired) electrons. The Hall–Kier alpha value is -2.29. The van der Waals surface area contributed by atoms with Crippen molar-refractivity contribution in [2.24, 2.45) is 5.16 Å². The van der Waals surface area contributed by atoms with Crippen LogP contribution >= 0.6 is 0 Å². The number of furan rings is 1. The van der Waals surface area contributed by atoms with Crippen LogP contribution in [0.3, 0.4) is 0 Å². The summed E-state index contributed by atoms with van der Waals surface area (Å²) < 4.78 is 4.93. The van der Waals surface area contributed by atoms with E-state index < -0.39 is 11.6 Å². The number of rotatable bonds is 3. The molecule has 6 heteroatoms. The third kappa shape index (κ3) is 2.35. The Morgan fingerprint density at radius 3 is 3.07 bits per heavy atom. The van der Waals surface area contributed by atoms with Gasteiger partial charge in [0, 0.05) is 0 Å². The van der Waals surface area contributed by atoms with Gasteiger partial charge in [0.2, 0.25) is 5.71 Å². The average Bonchev–Trinajstić information content (AvgIpc) is 2.69. The van der Waals surface area contributed by atoms with Gasteiger partial charge in [-0.05, 0) is 12.1 Å². The van der Waals surface area contributed by atoms with Gasteiger partial charge in [-0.1, -0.05) is 5.16 Å². The van der Waals surface area contributed by atoms with Crippen molar-refractivity contribution in [1.29, 1.82) is 5.26 Å². The molecule has 1 heterocycles. The highest BCUT2D eigenvalue weighted by atomic mass is 16.4.